The minimum Gasteiger partial charge on any atom is -0.391 e. The summed E-state index contributed by atoms with van der Waals surface area (Å²) in [4.78, 5) is 13.6. The van der Waals surface area contributed by atoms with E-state index in [0.29, 0.717) is 6.54 Å². The number of aliphatic hydroxyl groups is 1. The maximum absolute atomic E-state index is 11.9. The highest BCUT2D eigenvalue weighted by Gasteiger charge is 2.28. The first-order chi connectivity index (χ1) is 7.06. The molecule has 0 bridgehead atoms. The number of carbonyl (C=O) groups is 1. The number of piperidine rings is 1. The van der Waals surface area contributed by atoms with Crippen LogP contribution in [0.3, 0.4) is 0 Å². The molecule has 4 heteroatoms. The lowest BCUT2D eigenvalue weighted by Gasteiger charge is -2.33. The zero-order valence-electron chi connectivity index (χ0n) is 9.65. The predicted octanol–water partition coefficient (Wildman–Crippen LogP) is 0.343. The van der Waals surface area contributed by atoms with E-state index in [1.165, 1.54) is 0 Å². The van der Waals surface area contributed by atoms with Crippen LogP contribution in [-0.2, 0) is 4.79 Å². The number of hydrogen-bond acceptors (Lipinski definition) is 3. The summed E-state index contributed by atoms with van der Waals surface area (Å²) in [5, 5.41) is 9.47. The average Bonchev–Trinajstić information content (AvgIpc) is 2.26. The van der Waals surface area contributed by atoms with Gasteiger partial charge in [-0.15, -0.1) is 0 Å². The molecule has 0 spiro atoms. The van der Waals surface area contributed by atoms with Gasteiger partial charge in [-0.2, -0.15) is 0 Å². The van der Waals surface area contributed by atoms with Crippen LogP contribution < -0.4 is 5.73 Å². The first-order valence-electron chi connectivity index (χ1n) is 5.78. The lowest BCUT2D eigenvalue weighted by Crippen LogP contribution is -2.51. The van der Waals surface area contributed by atoms with Crippen LogP contribution in [-0.4, -0.2) is 41.1 Å². The Morgan fingerprint density at radius 2 is 2.33 bits per heavy atom. The minimum absolute atomic E-state index is 0.0110. The van der Waals surface area contributed by atoms with Gasteiger partial charge in [-0.1, -0.05) is 20.3 Å². The van der Waals surface area contributed by atoms with E-state index in [1.54, 1.807) is 4.90 Å². The van der Waals surface area contributed by atoms with Crippen LogP contribution in [0.15, 0.2) is 0 Å². The van der Waals surface area contributed by atoms with Crippen LogP contribution in [0.25, 0.3) is 0 Å². The van der Waals surface area contributed by atoms with E-state index in [9.17, 15) is 9.90 Å². The Kier molecular flexibility index (Phi) is 4.54. The molecule has 3 atom stereocenters. The van der Waals surface area contributed by atoms with E-state index in [-0.39, 0.29) is 17.9 Å². The summed E-state index contributed by atoms with van der Waals surface area (Å²) in [6, 6.07) is -0.416. The van der Waals surface area contributed by atoms with Crippen LogP contribution in [0.4, 0.5) is 0 Å². The molecule has 0 aromatic heterocycles. The fourth-order valence-electron chi connectivity index (χ4n) is 1.86. The lowest BCUT2D eigenvalue weighted by molar-refractivity contribution is -0.136. The van der Waals surface area contributed by atoms with E-state index in [1.807, 2.05) is 13.8 Å². The van der Waals surface area contributed by atoms with E-state index >= 15 is 0 Å². The minimum atomic E-state index is -0.416. The molecule has 0 saturated carbocycles. The molecule has 15 heavy (non-hydrogen) atoms. The first kappa shape index (κ1) is 12.5. The molecule has 0 aromatic rings. The van der Waals surface area contributed by atoms with E-state index in [4.69, 9.17) is 5.73 Å². The van der Waals surface area contributed by atoms with Gasteiger partial charge in [-0.3, -0.25) is 4.79 Å². The van der Waals surface area contributed by atoms with Crippen LogP contribution in [0.2, 0.25) is 0 Å². The van der Waals surface area contributed by atoms with Crippen molar-refractivity contribution in [1.82, 2.24) is 4.90 Å². The van der Waals surface area contributed by atoms with Crippen molar-refractivity contribution in [2.24, 2.45) is 11.7 Å². The number of carbonyl (C=O) groups excluding carboxylic acids is 1. The second kappa shape index (κ2) is 5.47. The number of likely N-dealkylation sites (tertiary alicyclic amines) is 1. The fourth-order valence-corrected chi connectivity index (χ4v) is 1.86. The molecule has 1 unspecified atom stereocenters. The van der Waals surface area contributed by atoms with Crippen molar-refractivity contribution in [1.29, 1.82) is 0 Å². The molecule has 0 aliphatic carbocycles. The molecule has 4 nitrogen and oxygen atoms in total. The molecule has 1 rings (SSSR count). The number of nitrogens with zero attached hydrogens (tertiary/aromatic N) is 1. The SMILES string of the molecule is CC[C@H](C)[C@H](N)C(=O)N1CCCC(O)C1. The average molecular weight is 214 g/mol. The zero-order valence-corrected chi connectivity index (χ0v) is 9.65. The Labute approximate surface area is 91.4 Å². The highest BCUT2D eigenvalue weighted by Crippen LogP contribution is 2.14. The second-order valence-corrected chi connectivity index (χ2v) is 4.49. The summed E-state index contributed by atoms with van der Waals surface area (Å²) in [5.41, 5.74) is 5.87. The summed E-state index contributed by atoms with van der Waals surface area (Å²) in [6.07, 6.45) is 2.21. The molecule has 1 amide bonds. The fraction of sp³-hybridized carbons (Fsp3) is 0.909. The summed E-state index contributed by atoms with van der Waals surface area (Å²) >= 11 is 0. The van der Waals surface area contributed by atoms with Crippen molar-refractivity contribution in [3.8, 4) is 0 Å². The summed E-state index contributed by atoms with van der Waals surface area (Å²) in [6.45, 7) is 5.20. The van der Waals surface area contributed by atoms with Crippen molar-refractivity contribution in [2.75, 3.05) is 13.1 Å². The maximum Gasteiger partial charge on any atom is 0.239 e. The third-order valence-electron chi connectivity index (χ3n) is 3.25. The predicted molar refractivity (Wildman–Crippen MR) is 59.3 cm³/mol. The number of nitrogens with two attached hydrogens (primary N) is 1. The number of β-amino-alcohol motifs (C(OH)–C–C–N with tert-alkyl or cyclic N) is 1. The lowest BCUT2D eigenvalue weighted by atomic mass is 9.97. The number of amides is 1. The van der Waals surface area contributed by atoms with Gasteiger partial charge in [-0.05, 0) is 18.8 Å². The molecule has 88 valence electrons. The van der Waals surface area contributed by atoms with Crippen LogP contribution in [0.1, 0.15) is 33.1 Å². The van der Waals surface area contributed by atoms with Crippen molar-refractivity contribution in [3.63, 3.8) is 0 Å². The van der Waals surface area contributed by atoms with Crippen molar-refractivity contribution >= 4 is 5.91 Å². The molecule has 1 saturated heterocycles. The van der Waals surface area contributed by atoms with Crippen LogP contribution in [0, 0.1) is 5.92 Å². The highest BCUT2D eigenvalue weighted by molar-refractivity contribution is 5.82. The van der Waals surface area contributed by atoms with Gasteiger partial charge < -0.3 is 15.7 Å². The third-order valence-corrected chi connectivity index (χ3v) is 3.25. The molecule has 1 aliphatic rings. The van der Waals surface area contributed by atoms with Crippen LogP contribution in [0.5, 0.6) is 0 Å². The molecule has 1 aliphatic heterocycles. The molecular weight excluding hydrogens is 192 g/mol. The molecule has 3 N–H and O–H groups in total. The van der Waals surface area contributed by atoms with E-state index in [0.717, 1.165) is 25.8 Å². The van der Waals surface area contributed by atoms with E-state index < -0.39 is 6.04 Å². The Hall–Kier alpha value is -0.610. The Morgan fingerprint density at radius 1 is 1.67 bits per heavy atom. The van der Waals surface area contributed by atoms with Gasteiger partial charge in [0.15, 0.2) is 0 Å². The zero-order chi connectivity index (χ0) is 11.4. The normalized spacial score (nSPS) is 26.1. The van der Waals surface area contributed by atoms with Crippen molar-refractivity contribution < 1.29 is 9.90 Å². The number of hydrogen-bond donors (Lipinski definition) is 2. The second-order valence-electron chi connectivity index (χ2n) is 4.49. The van der Waals surface area contributed by atoms with Gasteiger partial charge in [0.05, 0.1) is 12.1 Å². The van der Waals surface area contributed by atoms with Gasteiger partial charge in [0.2, 0.25) is 5.91 Å². The monoisotopic (exact) mass is 214 g/mol. The Balaban J connectivity index is 2.51. The third kappa shape index (κ3) is 3.18. The molecule has 1 fully saturated rings. The van der Waals surface area contributed by atoms with Gasteiger partial charge >= 0.3 is 0 Å². The quantitative estimate of drug-likeness (QED) is 0.712. The van der Waals surface area contributed by atoms with Crippen LogP contribution >= 0.6 is 0 Å². The standard InChI is InChI=1S/C11H22N2O2/c1-3-8(2)10(12)11(15)13-6-4-5-9(14)7-13/h8-10,14H,3-7,12H2,1-2H3/t8-,9?,10-/m0/s1. The number of aliphatic hydroxyl groups excluding tert-OH is 1. The summed E-state index contributed by atoms with van der Waals surface area (Å²) < 4.78 is 0. The Bertz CT molecular complexity index is 221. The van der Waals surface area contributed by atoms with Crippen molar-refractivity contribution in [2.45, 2.75) is 45.3 Å². The Morgan fingerprint density at radius 3 is 2.87 bits per heavy atom. The van der Waals surface area contributed by atoms with Gasteiger partial charge in [0.1, 0.15) is 0 Å². The van der Waals surface area contributed by atoms with Gasteiger partial charge in [0.25, 0.3) is 0 Å². The largest absolute Gasteiger partial charge is 0.391 e. The van der Waals surface area contributed by atoms with Crippen molar-refractivity contribution in [3.05, 3.63) is 0 Å². The molecule has 0 aromatic carbocycles. The number of rotatable bonds is 3. The maximum atomic E-state index is 11.9. The smallest absolute Gasteiger partial charge is 0.239 e. The first-order valence-corrected chi connectivity index (χ1v) is 5.78. The molecule has 0 radical (unpaired) electrons. The topological polar surface area (TPSA) is 66.6 Å². The summed E-state index contributed by atoms with van der Waals surface area (Å²) in [7, 11) is 0. The highest BCUT2D eigenvalue weighted by atomic mass is 16.3. The molecule has 1 heterocycles. The van der Waals surface area contributed by atoms with Gasteiger partial charge in [0, 0.05) is 13.1 Å². The van der Waals surface area contributed by atoms with E-state index in [2.05, 4.69) is 0 Å². The summed E-state index contributed by atoms with van der Waals surface area (Å²) in [5.74, 6) is 0.194. The molecular formula is C11H22N2O2. The van der Waals surface area contributed by atoms with Gasteiger partial charge in [-0.25, -0.2) is 0 Å².